The van der Waals surface area contributed by atoms with Gasteiger partial charge in [0.05, 0.1) is 16.6 Å². The maximum Gasteiger partial charge on any atom is 0.335 e. The van der Waals surface area contributed by atoms with E-state index >= 15 is 0 Å². The Morgan fingerprint density at radius 3 is 2.62 bits per heavy atom. The summed E-state index contributed by atoms with van der Waals surface area (Å²) in [5.41, 5.74) is 7.44. The largest absolute Gasteiger partial charge is 0.478 e. The van der Waals surface area contributed by atoms with Crippen LogP contribution in [0.1, 0.15) is 30.0 Å². The van der Waals surface area contributed by atoms with E-state index in [2.05, 4.69) is 20.3 Å². The van der Waals surface area contributed by atoms with Gasteiger partial charge < -0.3 is 16.2 Å². The monoisotopic (exact) mass is 407 g/mol. The Morgan fingerprint density at radius 2 is 1.93 bits per heavy atom. The van der Waals surface area contributed by atoms with Crippen molar-refractivity contribution in [3.8, 4) is 0 Å². The van der Waals surface area contributed by atoms with Gasteiger partial charge in [0, 0.05) is 27.7 Å². The molecular weight excluding hydrogens is 390 g/mol. The smallest absolute Gasteiger partial charge is 0.335 e. The minimum atomic E-state index is -1.02. The number of nitrogens with zero attached hydrogens (tertiary/aromatic N) is 3. The minimum Gasteiger partial charge on any atom is -0.478 e. The number of hydrogen-bond acceptors (Lipinski definition) is 6. The van der Waals surface area contributed by atoms with E-state index in [1.165, 1.54) is 12.1 Å². The molecule has 7 nitrogen and oxygen atoms in total. The zero-order chi connectivity index (χ0) is 20.8. The molecule has 0 spiro atoms. The number of anilines is 2. The van der Waals surface area contributed by atoms with Gasteiger partial charge in [0.1, 0.15) is 11.3 Å². The summed E-state index contributed by atoms with van der Waals surface area (Å²) in [5.74, 6) is -0.0812. The first-order valence-electron chi connectivity index (χ1n) is 8.88. The lowest BCUT2D eigenvalue weighted by Crippen LogP contribution is -2.31. The minimum absolute atomic E-state index is 0.152. The predicted octanol–water partition coefficient (Wildman–Crippen LogP) is 4.47. The van der Waals surface area contributed by atoms with Crippen LogP contribution in [0.4, 0.5) is 11.5 Å². The van der Waals surface area contributed by atoms with E-state index in [1.54, 1.807) is 24.4 Å². The molecule has 0 aliphatic rings. The Kier molecular flexibility index (Phi) is 4.56. The van der Waals surface area contributed by atoms with Crippen LogP contribution in [0.25, 0.3) is 21.8 Å². The average molecular weight is 408 g/mol. The van der Waals surface area contributed by atoms with Crippen molar-refractivity contribution in [2.45, 2.75) is 19.4 Å². The number of aromatic carboxylic acids is 1. The number of aromatic nitrogens is 3. The van der Waals surface area contributed by atoms with Crippen LogP contribution >= 0.6 is 11.6 Å². The van der Waals surface area contributed by atoms with Crippen LogP contribution in [0, 0.1) is 0 Å². The molecule has 4 rings (SSSR count). The first-order chi connectivity index (χ1) is 13.7. The normalized spacial score (nSPS) is 11.7. The number of nitrogens with one attached hydrogen (secondary N) is 1. The Bertz CT molecular complexity index is 1270. The molecule has 0 radical (unpaired) electrons. The molecule has 0 amide bonds. The summed E-state index contributed by atoms with van der Waals surface area (Å²) in [6.45, 7) is 3.65. The van der Waals surface area contributed by atoms with Crippen LogP contribution in [0.2, 0.25) is 5.02 Å². The number of pyridine rings is 1. The van der Waals surface area contributed by atoms with Crippen molar-refractivity contribution >= 4 is 50.9 Å². The average Bonchev–Trinajstić information content (AvgIpc) is 2.66. The lowest BCUT2D eigenvalue weighted by atomic mass is 10.0. The fraction of sp³-hybridized carbons (Fsp3) is 0.143. The van der Waals surface area contributed by atoms with Crippen molar-refractivity contribution < 1.29 is 9.90 Å². The van der Waals surface area contributed by atoms with Crippen LogP contribution in [0.5, 0.6) is 0 Å². The lowest BCUT2D eigenvalue weighted by Gasteiger charge is -2.18. The molecular formula is C21H18ClN5O2. The summed E-state index contributed by atoms with van der Waals surface area (Å²) in [6, 6.07) is 12.0. The standard InChI is InChI=1S/C21H18ClN5O2/c1-21(2,23)20-24-10-15-14-7-6-11(19(28)29)8-16(14)26-18(17(15)27-20)25-13-5-3-4-12(22)9-13/h3-10H,23H2,1-2H3,(H,25,26)(H,28,29). The summed E-state index contributed by atoms with van der Waals surface area (Å²) < 4.78 is 0. The maximum atomic E-state index is 11.4. The van der Waals surface area contributed by atoms with Crippen molar-refractivity contribution in [2.24, 2.45) is 5.73 Å². The van der Waals surface area contributed by atoms with E-state index in [-0.39, 0.29) is 5.56 Å². The first kappa shape index (κ1) is 19.0. The van der Waals surface area contributed by atoms with Gasteiger partial charge in [-0.2, -0.15) is 0 Å². The van der Waals surface area contributed by atoms with Gasteiger partial charge in [-0.3, -0.25) is 0 Å². The Morgan fingerprint density at radius 1 is 1.14 bits per heavy atom. The number of hydrogen-bond donors (Lipinski definition) is 3. The van der Waals surface area contributed by atoms with Crippen molar-refractivity contribution in [1.82, 2.24) is 15.0 Å². The van der Waals surface area contributed by atoms with Crippen molar-refractivity contribution in [2.75, 3.05) is 5.32 Å². The van der Waals surface area contributed by atoms with E-state index < -0.39 is 11.5 Å². The van der Waals surface area contributed by atoms with Crippen LogP contribution in [-0.4, -0.2) is 26.0 Å². The van der Waals surface area contributed by atoms with Crippen LogP contribution < -0.4 is 11.1 Å². The van der Waals surface area contributed by atoms with Gasteiger partial charge in [0.25, 0.3) is 0 Å². The molecule has 0 aliphatic carbocycles. The number of nitrogens with two attached hydrogens (primary N) is 1. The van der Waals surface area contributed by atoms with Crippen molar-refractivity contribution in [3.05, 3.63) is 65.1 Å². The molecule has 4 aromatic rings. The zero-order valence-corrected chi connectivity index (χ0v) is 16.5. The third-order valence-corrected chi connectivity index (χ3v) is 4.68. The summed E-state index contributed by atoms with van der Waals surface area (Å²) in [7, 11) is 0. The van der Waals surface area contributed by atoms with Gasteiger partial charge in [-0.15, -0.1) is 0 Å². The molecule has 8 heteroatoms. The van der Waals surface area contributed by atoms with Gasteiger partial charge in [-0.1, -0.05) is 23.7 Å². The third-order valence-electron chi connectivity index (χ3n) is 4.44. The number of carboxylic acid groups (broad SMARTS) is 1. The zero-order valence-electron chi connectivity index (χ0n) is 15.8. The number of fused-ring (bicyclic) bond motifs is 3. The Hall–Kier alpha value is -3.29. The number of benzene rings is 2. The highest BCUT2D eigenvalue weighted by Crippen LogP contribution is 2.31. The second kappa shape index (κ2) is 6.95. The molecule has 0 fully saturated rings. The summed E-state index contributed by atoms with van der Waals surface area (Å²) in [4.78, 5) is 25.1. The highest BCUT2D eigenvalue weighted by Gasteiger charge is 2.20. The van der Waals surface area contributed by atoms with Gasteiger partial charge >= 0.3 is 5.97 Å². The molecule has 0 saturated heterocycles. The molecule has 0 aliphatic heterocycles. The lowest BCUT2D eigenvalue weighted by molar-refractivity contribution is 0.0697. The summed E-state index contributed by atoms with van der Waals surface area (Å²) in [6.07, 6.45) is 1.69. The summed E-state index contributed by atoms with van der Waals surface area (Å²) >= 11 is 6.10. The molecule has 2 aromatic carbocycles. The van der Waals surface area contributed by atoms with Crippen LogP contribution in [0.3, 0.4) is 0 Å². The van der Waals surface area contributed by atoms with Crippen molar-refractivity contribution in [3.63, 3.8) is 0 Å². The maximum absolute atomic E-state index is 11.4. The van der Waals surface area contributed by atoms with Gasteiger partial charge in [-0.05, 0) is 44.2 Å². The Labute approximate surface area is 171 Å². The van der Waals surface area contributed by atoms with E-state index in [0.29, 0.717) is 27.7 Å². The van der Waals surface area contributed by atoms with Crippen molar-refractivity contribution in [1.29, 1.82) is 0 Å². The quantitative estimate of drug-likeness (QED) is 0.427. The van der Waals surface area contributed by atoms with E-state index in [4.69, 9.17) is 17.3 Å². The SMILES string of the molecule is CC(C)(N)c1ncc2c(n1)c(Nc1cccc(Cl)c1)nc1cc(C(=O)O)ccc12. The molecule has 0 bridgehead atoms. The molecule has 0 atom stereocenters. The Balaban J connectivity index is 2.00. The van der Waals surface area contributed by atoms with Crippen LogP contribution in [-0.2, 0) is 5.54 Å². The van der Waals surface area contributed by atoms with E-state index in [0.717, 1.165) is 16.5 Å². The molecule has 0 unspecified atom stereocenters. The second-order valence-corrected chi connectivity index (χ2v) is 7.75. The molecule has 2 heterocycles. The molecule has 0 saturated carbocycles. The van der Waals surface area contributed by atoms with Gasteiger partial charge in [0.15, 0.2) is 5.82 Å². The highest BCUT2D eigenvalue weighted by atomic mass is 35.5. The van der Waals surface area contributed by atoms with E-state index in [9.17, 15) is 9.90 Å². The van der Waals surface area contributed by atoms with Gasteiger partial charge in [-0.25, -0.2) is 19.7 Å². The van der Waals surface area contributed by atoms with Gasteiger partial charge in [0.2, 0.25) is 0 Å². The topological polar surface area (TPSA) is 114 Å². The molecule has 2 aromatic heterocycles. The number of rotatable bonds is 4. The number of halogens is 1. The second-order valence-electron chi connectivity index (χ2n) is 7.31. The fourth-order valence-electron chi connectivity index (χ4n) is 3.02. The summed E-state index contributed by atoms with van der Waals surface area (Å²) in [5, 5.41) is 14.6. The predicted molar refractivity (Wildman–Crippen MR) is 114 cm³/mol. The molecule has 4 N–H and O–H groups in total. The fourth-order valence-corrected chi connectivity index (χ4v) is 3.21. The first-order valence-corrected chi connectivity index (χ1v) is 9.26. The number of carboxylic acids is 1. The molecule has 29 heavy (non-hydrogen) atoms. The molecule has 146 valence electrons. The number of carbonyl (C=O) groups is 1. The van der Waals surface area contributed by atoms with Crippen LogP contribution in [0.15, 0.2) is 48.7 Å². The third kappa shape index (κ3) is 3.70. The highest BCUT2D eigenvalue weighted by molar-refractivity contribution is 6.30. The van der Waals surface area contributed by atoms with E-state index in [1.807, 2.05) is 26.0 Å².